The van der Waals surface area contributed by atoms with Crippen molar-refractivity contribution in [2.45, 2.75) is 79.2 Å². The summed E-state index contributed by atoms with van der Waals surface area (Å²) in [6.45, 7) is 12.6. The number of aromatic hydroxyl groups is 2. The summed E-state index contributed by atoms with van der Waals surface area (Å²) in [6, 6.07) is 3.94. The number of Topliss-reactive ketones (excluding diaryl/α,β-unsaturated/α-hetero) is 1. The Labute approximate surface area is 191 Å². The molecule has 1 aliphatic heterocycles. The zero-order chi connectivity index (χ0) is 23.6. The maximum Gasteiger partial charge on any atom is 0.203 e. The number of phenolic OH excluding ortho intramolecular Hbond substituents is 2. The van der Waals surface area contributed by atoms with E-state index >= 15 is 0 Å². The number of rotatable bonds is 8. The fourth-order valence-corrected chi connectivity index (χ4v) is 4.53. The molecule has 0 saturated carbocycles. The number of hydrogen-bond donors (Lipinski definition) is 2. The van der Waals surface area contributed by atoms with Crippen LogP contribution >= 0.6 is 0 Å². The molecule has 0 aromatic heterocycles. The molecule has 5 nitrogen and oxygen atoms in total. The van der Waals surface area contributed by atoms with Crippen LogP contribution in [-0.2, 0) is 6.42 Å². The van der Waals surface area contributed by atoms with Gasteiger partial charge in [-0.1, -0.05) is 20.3 Å². The topological polar surface area (TPSA) is 76.0 Å². The van der Waals surface area contributed by atoms with Crippen molar-refractivity contribution in [1.82, 2.24) is 0 Å². The largest absolute Gasteiger partial charge is 0.508 e. The number of ether oxygens (including phenoxy) is 2. The van der Waals surface area contributed by atoms with E-state index in [9.17, 15) is 15.0 Å². The van der Waals surface area contributed by atoms with Crippen LogP contribution in [0.5, 0.6) is 23.0 Å². The Hall–Kier alpha value is -2.69. The minimum Gasteiger partial charge on any atom is -0.508 e. The van der Waals surface area contributed by atoms with E-state index in [0.717, 1.165) is 59.8 Å². The molecule has 1 heterocycles. The van der Waals surface area contributed by atoms with Gasteiger partial charge in [0.25, 0.3) is 0 Å². The predicted molar refractivity (Wildman–Crippen MR) is 126 cm³/mol. The van der Waals surface area contributed by atoms with Crippen molar-refractivity contribution < 1.29 is 24.5 Å². The second-order valence-electron chi connectivity index (χ2n) is 9.76. The molecule has 0 bridgehead atoms. The number of phenols is 2. The van der Waals surface area contributed by atoms with Crippen molar-refractivity contribution >= 4 is 5.78 Å². The lowest BCUT2D eigenvalue weighted by molar-refractivity contribution is 0.0514. The van der Waals surface area contributed by atoms with Gasteiger partial charge in [-0.25, -0.2) is 0 Å². The fourth-order valence-electron chi connectivity index (χ4n) is 4.53. The summed E-state index contributed by atoms with van der Waals surface area (Å²) in [7, 11) is 0. The van der Waals surface area contributed by atoms with Gasteiger partial charge in [0.05, 0.1) is 5.56 Å². The van der Waals surface area contributed by atoms with Crippen LogP contribution in [0.3, 0.4) is 0 Å². The van der Waals surface area contributed by atoms with Crippen molar-refractivity contribution in [1.29, 1.82) is 0 Å². The van der Waals surface area contributed by atoms with E-state index < -0.39 is 0 Å². The summed E-state index contributed by atoms with van der Waals surface area (Å²) >= 11 is 0. The summed E-state index contributed by atoms with van der Waals surface area (Å²) in [6.07, 6.45) is 5.30. The van der Waals surface area contributed by atoms with E-state index in [1.165, 1.54) is 18.6 Å². The van der Waals surface area contributed by atoms with Crippen molar-refractivity contribution in [2.75, 3.05) is 6.61 Å². The third-order valence-electron chi connectivity index (χ3n) is 6.68. The zero-order valence-electron chi connectivity index (χ0n) is 20.2. The van der Waals surface area contributed by atoms with E-state index in [4.69, 9.17) is 9.47 Å². The normalized spacial score (nSPS) is 17.7. The summed E-state index contributed by atoms with van der Waals surface area (Å²) in [5.74, 6) is 1.69. The van der Waals surface area contributed by atoms with Crippen molar-refractivity contribution in [3.8, 4) is 23.0 Å². The molecule has 2 aromatic carbocycles. The van der Waals surface area contributed by atoms with Crippen LogP contribution in [0.15, 0.2) is 18.2 Å². The monoisotopic (exact) mass is 440 g/mol. The minimum absolute atomic E-state index is 0.0897. The maximum absolute atomic E-state index is 12.6. The Balaban J connectivity index is 1.79. The summed E-state index contributed by atoms with van der Waals surface area (Å²) < 4.78 is 12.6. The Morgan fingerprint density at radius 1 is 1.16 bits per heavy atom. The molecule has 0 unspecified atom stereocenters. The van der Waals surface area contributed by atoms with Gasteiger partial charge < -0.3 is 19.7 Å². The Bertz CT molecular complexity index is 1010. The SMILES string of the molecule is Cc1c(C)c2c(c(C)c1OCC(=O)c1ccc(O)cc1O)CC[C@@](C)(CCCC(C)C)O2. The third kappa shape index (κ3) is 5.03. The summed E-state index contributed by atoms with van der Waals surface area (Å²) in [4.78, 5) is 12.6. The number of ketones is 1. The minimum atomic E-state index is -0.342. The van der Waals surface area contributed by atoms with Gasteiger partial charge in [-0.15, -0.1) is 0 Å². The highest BCUT2D eigenvalue weighted by molar-refractivity contribution is 5.99. The Kier molecular flexibility index (Phi) is 7.06. The van der Waals surface area contributed by atoms with Gasteiger partial charge in [0.1, 0.15) is 28.6 Å². The maximum atomic E-state index is 12.6. The molecule has 0 aliphatic carbocycles. The second-order valence-corrected chi connectivity index (χ2v) is 9.76. The van der Waals surface area contributed by atoms with Crippen LogP contribution < -0.4 is 9.47 Å². The van der Waals surface area contributed by atoms with Gasteiger partial charge in [-0.05, 0) is 88.1 Å². The average molecular weight is 441 g/mol. The third-order valence-corrected chi connectivity index (χ3v) is 6.68. The van der Waals surface area contributed by atoms with Gasteiger partial charge >= 0.3 is 0 Å². The average Bonchev–Trinajstić information content (AvgIpc) is 2.71. The molecule has 174 valence electrons. The number of carbonyl (C=O) groups is 1. The van der Waals surface area contributed by atoms with Crippen molar-refractivity contribution in [3.05, 3.63) is 46.0 Å². The zero-order valence-corrected chi connectivity index (χ0v) is 20.2. The fraction of sp³-hybridized carbons (Fsp3) is 0.519. The van der Waals surface area contributed by atoms with Crippen LogP contribution in [0.2, 0.25) is 0 Å². The van der Waals surface area contributed by atoms with Crippen molar-refractivity contribution in [2.24, 2.45) is 5.92 Å². The number of carbonyl (C=O) groups excluding carboxylic acids is 1. The standard InChI is InChI=1S/C27H36O5/c1-16(2)8-7-12-27(6)13-11-21-19(5)25(17(3)18(4)26(21)32-27)31-15-24(30)22-10-9-20(28)14-23(22)29/h9-10,14,16,28-29H,7-8,11-13,15H2,1-6H3/t27-/m1/s1. The lowest BCUT2D eigenvalue weighted by Crippen LogP contribution is -2.37. The second kappa shape index (κ2) is 9.43. The molecular formula is C27H36O5. The molecule has 5 heteroatoms. The van der Waals surface area contributed by atoms with Crippen LogP contribution in [0.1, 0.15) is 79.1 Å². The molecular weight excluding hydrogens is 404 g/mol. The lowest BCUT2D eigenvalue weighted by atomic mass is 9.84. The highest BCUT2D eigenvalue weighted by atomic mass is 16.5. The van der Waals surface area contributed by atoms with Gasteiger partial charge in [-0.3, -0.25) is 4.79 Å². The van der Waals surface area contributed by atoms with E-state index in [1.807, 2.05) is 20.8 Å². The predicted octanol–water partition coefficient (Wildman–Crippen LogP) is 6.19. The first-order chi connectivity index (χ1) is 15.0. The Morgan fingerprint density at radius 2 is 1.88 bits per heavy atom. The molecule has 32 heavy (non-hydrogen) atoms. The van der Waals surface area contributed by atoms with E-state index in [1.54, 1.807) is 0 Å². The summed E-state index contributed by atoms with van der Waals surface area (Å²) in [5, 5.41) is 19.4. The van der Waals surface area contributed by atoms with Gasteiger partial charge in [-0.2, -0.15) is 0 Å². The smallest absolute Gasteiger partial charge is 0.203 e. The van der Waals surface area contributed by atoms with Crippen molar-refractivity contribution in [3.63, 3.8) is 0 Å². The first-order valence-electron chi connectivity index (χ1n) is 11.5. The number of fused-ring (bicyclic) bond motifs is 1. The molecule has 0 spiro atoms. The van der Waals surface area contributed by atoms with Crippen LogP contribution in [0.4, 0.5) is 0 Å². The molecule has 2 aromatic rings. The highest BCUT2D eigenvalue weighted by Gasteiger charge is 2.34. The van der Waals surface area contributed by atoms with E-state index in [0.29, 0.717) is 11.7 Å². The molecule has 0 fully saturated rings. The van der Waals surface area contributed by atoms with E-state index in [-0.39, 0.29) is 35.1 Å². The highest BCUT2D eigenvalue weighted by Crippen LogP contribution is 2.45. The van der Waals surface area contributed by atoms with Gasteiger partial charge in [0.2, 0.25) is 5.78 Å². The first-order valence-corrected chi connectivity index (χ1v) is 11.5. The van der Waals surface area contributed by atoms with Gasteiger partial charge in [0.15, 0.2) is 6.61 Å². The van der Waals surface area contributed by atoms with Crippen LogP contribution in [0, 0.1) is 26.7 Å². The quantitative estimate of drug-likeness (QED) is 0.478. The molecule has 0 saturated heterocycles. The molecule has 0 radical (unpaired) electrons. The molecule has 0 amide bonds. The molecule has 1 aliphatic rings. The number of benzene rings is 2. The molecule has 3 rings (SSSR count). The first kappa shape index (κ1) is 24.0. The Morgan fingerprint density at radius 3 is 2.53 bits per heavy atom. The molecule has 2 N–H and O–H groups in total. The van der Waals surface area contributed by atoms with Crippen LogP contribution in [0.25, 0.3) is 0 Å². The van der Waals surface area contributed by atoms with Crippen LogP contribution in [-0.4, -0.2) is 28.2 Å². The molecule has 1 atom stereocenters. The number of hydrogen-bond acceptors (Lipinski definition) is 5. The van der Waals surface area contributed by atoms with E-state index in [2.05, 4.69) is 20.8 Å². The summed E-state index contributed by atoms with van der Waals surface area (Å²) in [5.41, 5.74) is 4.17. The van der Waals surface area contributed by atoms with Gasteiger partial charge in [0, 0.05) is 11.6 Å². The lowest BCUT2D eigenvalue weighted by Gasteiger charge is -2.38.